The second kappa shape index (κ2) is 5.11. The van der Waals surface area contributed by atoms with Crippen molar-refractivity contribution in [2.45, 2.75) is 20.3 Å². The molecule has 88 valence electrons. The highest BCUT2D eigenvalue weighted by molar-refractivity contribution is 8.03. The number of Topliss-reactive ketones (excluding diaryl/α,β-unsaturated/α-hetero) is 1. The monoisotopic (exact) mass is 244 g/mol. The van der Waals surface area contributed by atoms with E-state index in [9.17, 15) is 19.7 Å². The molecule has 0 spiro atoms. The number of ketones is 1. The Hall–Kier alpha value is -1.37. The van der Waals surface area contributed by atoms with Crippen LogP contribution in [0.4, 0.5) is 0 Å². The van der Waals surface area contributed by atoms with Crippen LogP contribution in [-0.2, 0) is 9.59 Å². The predicted octanol–water partition coefficient (Wildman–Crippen LogP) is 1.01. The summed E-state index contributed by atoms with van der Waals surface area (Å²) in [4.78, 5) is 33.9. The first kappa shape index (κ1) is 12.7. The Morgan fingerprint density at radius 2 is 2.06 bits per heavy atom. The van der Waals surface area contributed by atoms with E-state index in [4.69, 9.17) is 0 Å². The molecule has 0 N–H and O–H groups in total. The molecule has 0 atom stereocenters. The predicted molar refractivity (Wildman–Crippen MR) is 59.2 cm³/mol. The maximum atomic E-state index is 11.3. The lowest BCUT2D eigenvalue weighted by atomic mass is 10.3. The lowest BCUT2D eigenvalue weighted by Crippen LogP contribution is -2.34. The molecule has 0 saturated carbocycles. The van der Waals surface area contributed by atoms with Crippen molar-refractivity contribution < 1.29 is 14.5 Å². The van der Waals surface area contributed by atoms with Crippen molar-refractivity contribution in [1.82, 2.24) is 4.90 Å². The van der Waals surface area contributed by atoms with Crippen molar-refractivity contribution >= 4 is 23.5 Å². The molecule has 1 aliphatic heterocycles. The molecule has 1 rings (SSSR count). The molecule has 0 aromatic rings. The van der Waals surface area contributed by atoms with Gasteiger partial charge in [-0.3, -0.25) is 19.7 Å². The van der Waals surface area contributed by atoms with Gasteiger partial charge in [-0.05, 0) is 6.42 Å². The van der Waals surface area contributed by atoms with Crippen LogP contribution in [0.25, 0.3) is 0 Å². The number of hydrogen-bond acceptors (Lipinski definition) is 5. The summed E-state index contributed by atoms with van der Waals surface area (Å²) in [5.74, 6) is -0.215. The van der Waals surface area contributed by atoms with Crippen LogP contribution >= 0.6 is 11.8 Å². The third kappa shape index (κ3) is 2.60. The number of rotatable bonds is 2. The Morgan fingerprint density at radius 3 is 2.50 bits per heavy atom. The third-order valence-electron chi connectivity index (χ3n) is 2.11. The molecule has 1 aliphatic rings. The average molecular weight is 244 g/mol. The molecular formula is C9H12N2O4S. The number of thioether (sulfide) groups is 1. The van der Waals surface area contributed by atoms with E-state index in [0.717, 1.165) is 13.3 Å². The highest BCUT2D eigenvalue weighted by Gasteiger charge is 2.32. The highest BCUT2D eigenvalue weighted by atomic mass is 32.2. The zero-order valence-electron chi connectivity index (χ0n) is 9.06. The smallest absolute Gasteiger partial charge is 0.301 e. The van der Waals surface area contributed by atoms with Crippen LogP contribution < -0.4 is 0 Å². The minimum atomic E-state index is -0.716. The van der Waals surface area contributed by atoms with Gasteiger partial charge in [-0.1, -0.05) is 0 Å². The summed E-state index contributed by atoms with van der Waals surface area (Å²) in [6, 6.07) is 0. The number of nitro groups is 1. The molecule has 1 saturated heterocycles. The van der Waals surface area contributed by atoms with Gasteiger partial charge in [-0.15, -0.1) is 11.8 Å². The molecule has 6 nitrogen and oxygen atoms in total. The lowest BCUT2D eigenvalue weighted by molar-refractivity contribution is -0.420. The fourth-order valence-corrected chi connectivity index (χ4v) is 2.62. The van der Waals surface area contributed by atoms with E-state index in [1.165, 1.54) is 23.6 Å². The second-order valence-electron chi connectivity index (χ2n) is 3.34. The number of carbonyl (C=O) groups is 2. The molecule has 1 heterocycles. The number of hydrogen-bond donors (Lipinski definition) is 0. The Bertz CT molecular complexity index is 362. The highest BCUT2D eigenvalue weighted by Crippen LogP contribution is 2.30. The van der Waals surface area contributed by atoms with E-state index in [1.807, 2.05) is 0 Å². The Morgan fingerprint density at radius 1 is 1.44 bits per heavy atom. The molecule has 1 fully saturated rings. The van der Waals surface area contributed by atoms with E-state index in [-0.39, 0.29) is 10.9 Å². The second-order valence-corrected chi connectivity index (χ2v) is 4.42. The topological polar surface area (TPSA) is 80.5 Å². The van der Waals surface area contributed by atoms with Crippen molar-refractivity contribution in [3.05, 3.63) is 20.8 Å². The van der Waals surface area contributed by atoms with Crippen molar-refractivity contribution in [1.29, 1.82) is 0 Å². The largest absolute Gasteiger partial charge is 0.341 e. The zero-order chi connectivity index (χ0) is 12.3. The first-order valence-electron chi connectivity index (χ1n) is 4.75. The van der Waals surface area contributed by atoms with Gasteiger partial charge >= 0.3 is 5.70 Å². The SMILES string of the molecule is CC(=O)/C(=C1\SCCCN1C(C)=O)[N+](=O)[O-]. The van der Waals surface area contributed by atoms with Gasteiger partial charge < -0.3 is 4.90 Å². The number of carbonyl (C=O) groups excluding carboxylic acids is 2. The van der Waals surface area contributed by atoms with Gasteiger partial charge in [0.05, 0.1) is 4.92 Å². The van der Waals surface area contributed by atoms with Gasteiger partial charge in [0.1, 0.15) is 0 Å². The summed E-state index contributed by atoms with van der Waals surface area (Å²) in [6.45, 7) is 2.91. The van der Waals surface area contributed by atoms with E-state index < -0.39 is 16.4 Å². The van der Waals surface area contributed by atoms with Crippen LogP contribution in [0.1, 0.15) is 20.3 Å². The van der Waals surface area contributed by atoms with Crippen LogP contribution in [0.15, 0.2) is 10.7 Å². The molecule has 0 bridgehead atoms. The van der Waals surface area contributed by atoms with Gasteiger partial charge in [0.15, 0.2) is 5.03 Å². The summed E-state index contributed by atoms with van der Waals surface area (Å²) < 4.78 is 0. The Labute approximate surface area is 96.8 Å². The maximum absolute atomic E-state index is 11.3. The fraction of sp³-hybridized carbons (Fsp3) is 0.556. The fourth-order valence-electron chi connectivity index (χ4n) is 1.42. The Balaban J connectivity index is 3.21. The molecule has 0 aliphatic carbocycles. The quantitative estimate of drug-likeness (QED) is 0.411. The molecule has 0 aromatic heterocycles. The maximum Gasteiger partial charge on any atom is 0.341 e. The summed E-state index contributed by atoms with van der Waals surface area (Å²) in [6.07, 6.45) is 0.774. The summed E-state index contributed by atoms with van der Waals surface area (Å²) in [5, 5.41) is 11.0. The van der Waals surface area contributed by atoms with Gasteiger partial charge in [0, 0.05) is 26.1 Å². The molecule has 0 radical (unpaired) electrons. The minimum absolute atomic E-state index is 0.177. The standard InChI is InChI=1S/C9H12N2O4S/c1-6(12)8(11(14)15)9-10(7(2)13)4-3-5-16-9/h3-5H2,1-2H3/b9-8+. The van der Waals surface area contributed by atoms with E-state index in [1.54, 1.807) is 0 Å². The van der Waals surface area contributed by atoms with E-state index in [2.05, 4.69) is 0 Å². The van der Waals surface area contributed by atoms with Gasteiger partial charge in [-0.25, -0.2) is 0 Å². The Kier molecular flexibility index (Phi) is 4.05. The zero-order valence-corrected chi connectivity index (χ0v) is 9.87. The van der Waals surface area contributed by atoms with Gasteiger partial charge in [-0.2, -0.15) is 0 Å². The molecular weight excluding hydrogens is 232 g/mol. The van der Waals surface area contributed by atoms with Crippen molar-refractivity contribution in [3.8, 4) is 0 Å². The normalized spacial score (nSPS) is 19.2. The van der Waals surface area contributed by atoms with Crippen molar-refractivity contribution in [2.24, 2.45) is 0 Å². The summed E-state index contributed by atoms with van der Waals surface area (Å²) >= 11 is 1.19. The average Bonchev–Trinajstić information content (AvgIpc) is 2.17. The van der Waals surface area contributed by atoms with Gasteiger partial charge in [0.25, 0.3) is 0 Å². The summed E-state index contributed by atoms with van der Waals surface area (Å²) in [7, 11) is 0. The molecule has 0 aromatic carbocycles. The van der Waals surface area contributed by atoms with E-state index >= 15 is 0 Å². The first-order chi connectivity index (χ1) is 7.45. The minimum Gasteiger partial charge on any atom is -0.301 e. The molecule has 1 amide bonds. The van der Waals surface area contributed by atoms with Crippen LogP contribution in [0.5, 0.6) is 0 Å². The van der Waals surface area contributed by atoms with Crippen LogP contribution in [-0.4, -0.2) is 33.8 Å². The number of nitrogens with zero attached hydrogens (tertiary/aromatic N) is 2. The van der Waals surface area contributed by atoms with Crippen LogP contribution in [0, 0.1) is 10.1 Å². The molecule has 0 unspecified atom stereocenters. The molecule has 7 heteroatoms. The summed E-state index contributed by atoms with van der Waals surface area (Å²) in [5.41, 5.74) is -0.486. The van der Waals surface area contributed by atoms with Gasteiger partial charge in [0.2, 0.25) is 11.7 Å². The number of allylic oxidation sites excluding steroid dienone is 1. The van der Waals surface area contributed by atoms with E-state index in [0.29, 0.717) is 12.3 Å². The third-order valence-corrected chi connectivity index (χ3v) is 3.29. The molecule has 16 heavy (non-hydrogen) atoms. The number of amides is 1. The van der Waals surface area contributed by atoms with Crippen LogP contribution in [0.3, 0.4) is 0 Å². The van der Waals surface area contributed by atoms with Crippen LogP contribution in [0.2, 0.25) is 0 Å². The first-order valence-corrected chi connectivity index (χ1v) is 5.74. The van der Waals surface area contributed by atoms with Crippen molar-refractivity contribution in [3.63, 3.8) is 0 Å². The van der Waals surface area contributed by atoms with Crippen molar-refractivity contribution in [2.75, 3.05) is 12.3 Å². The lowest BCUT2D eigenvalue weighted by Gasteiger charge is -2.26.